The van der Waals surface area contributed by atoms with Gasteiger partial charge in [0.2, 0.25) is 0 Å². The molecule has 0 saturated heterocycles. The Labute approximate surface area is 93.2 Å². The van der Waals surface area contributed by atoms with Crippen LogP contribution < -0.4 is 5.73 Å². The minimum absolute atomic E-state index is 0.667. The zero-order valence-corrected chi connectivity index (χ0v) is 10.00. The minimum atomic E-state index is -0.705. The summed E-state index contributed by atoms with van der Waals surface area (Å²) in [6.45, 7) is 3.55. The Kier molecular flexibility index (Phi) is 4.56. The van der Waals surface area contributed by atoms with Crippen LogP contribution in [-0.4, -0.2) is 30.6 Å². The van der Waals surface area contributed by atoms with Crippen LogP contribution in [0.1, 0.15) is 39.0 Å². The summed E-state index contributed by atoms with van der Waals surface area (Å²) in [5, 5.41) is 8.85. The summed E-state index contributed by atoms with van der Waals surface area (Å²) in [5.41, 5.74) is 5.11. The Morgan fingerprint density at radius 3 is 2.53 bits per heavy atom. The van der Waals surface area contributed by atoms with E-state index in [9.17, 15) is 0 Å². The number of nitrogens with zero attached hydrogens (tertiary/aromatic N) is 2. The van der Waals surface area contributed by atoms with Crippen LogP contribution in [0.15, 0.2) is 0 Å². The van der Waals surface area contributed by atoms with E-state index >= 15 is 0 Å². The minimum Gasteiger partial charge on any atom is -0.313 e. The van der Waals surface area contributed by atoms with Crippen LogP contribution in [0.2, 0.25) is 0 Å². The van der Waals surface area contributed by atoms with E-state index in [-0.39, 0.29) is 0 Å². The molecule has 0 aliphatic heterocycles. The van der Waals surface area contributed by atoms with Gasteiger partial charge in [0, 0.05) is 13.1 Å². The molecule has 1 aliphatic rings. The van der Waals surface area contributed by atoms with Crippen molar-refractivity contribution in [3.63, 3.8) is 0 Å². The van der Waals surface area contributed by atoms with Gasteiger partial charge in [-0.05, 0) is 32.7 Å². The summed E-state index contributed by atoms with van der Waals surface area (Å²) in [7, 11) is 2.07. The average Bonchev–Trinajstić information content (AvgIpc) is 2.18. The molecule has 2 N–H and O–H groups in total. The van der Waals surface area contributed by atoms with Crippen LogP contribution in [0.5, 0.6) is 0 Å². The van der Waals surface area contributed by atoms with Crippen molar-refractivity contribution in [2.45, 2.75) is 44.6 Å². The van der Waals surface area contributed by atoms with Gasteiger partial charge in [-0.25, -0.2) is 0 Å². The highest BCUT2D eigenvalue weighted by Crippen LogP contribution is 2.24. The summed E-state index contributed by atoms with van der Waals surface area (Å²) in [6.07, 6.45) is 6.83. The molecule has 1 rings (SSSR count). The standard InChI is InChI=1S/C12H23N3/c1-12(14,9-13)10-15(2)8-11-6-4-3-5-7-11/h11H,3-8,10,14H2,1-2H3. The van der Waals surface area contributed by atoms with Gasteiger partial charge >= 0.3 is 0 Å². The van der Waals surface area contributed by atoms with Crippen LogP contribution in [0.25, 0.3) is 0 Å². The number of nitrogens with two attached hydrogens (primary N) is 1. The second kappa shape index (κ2) is 5.48. The molecule has 15 heavy (non-hydrogen) atoms. The number of nitriles is 1. The summed E-state index contributed by atoms with van der Waals surface area (Å²) in [4.78, 5) is 2.21. The first-order chi connectivity index (χ1) is 7.03. The summed E-state index contributed by atoms with van der Waals surface area (Å²) < 4.78 is 0. The lowest BCUT2D eigenvalue weighted by molar-refractivity contribution is 0.214. The zero-order valence-electron chi connectivity index (χ0n) is 10.00. The van der Waals surface area contributed by atoms with Crippen molar-refractivity contribution in [2.75, 3.05) is 20.1 Å². The van der Waals surface area contributed by atoms with Gasteiger partial charge in [0.25, 0.3) is 0 Å². The Balaban J connectivity index is 2.29. The van der Waals surface area contributed by atoms with E-state index in [1.165, 1.54) is 32.1 Å². The fourth-order valence-electron chi connectivity index (χ4n) is 2.47. The topological polar surface area (TPSA) is 53.0 Å². The van der Waals surface area contributed by atoms with Gasteiger partial charge in [0.05, 0.1) is 6.07 Å². The molecule has 1 atom stereocenters. The summed E-state index contributed by atoms with van der Waals surface area (Å²) in [6, 6.07) is 2.15. The fraction of sp³-hybridized carbons (Fsp3) is 0.917. The van der Waals surface area contributed by atoms with Gasteiger partial charge in [0.1, 0.15) is 5.54 Å². The summed E-state index contributed by atoms with van der Waals surface area (Å²) >= 11 is 0. The average molecular weight is 209 g/mol. The lowest BCUT2D eigenvalue weighted by atomic mass is 9.89. The molecule has 3 nitrogen and oxygen atoms in total. The molecule has 86 valence electrons. The molecular weight excluding hydrogens is 186 g/mol. The summed E-state index contributed by atoms with van der Waals surface area (Å²) in [5.74, 6) is 0.818. The molecule has 0 aromatic heterocycles. The highest BCUT2D eigenvalue weighted by Gasteiger charge is 2.22. The molecule has 0 heterocycles. The molecular formula is C12H23N3. The third kappa shape index (κ3) is 4.63. The Hall–Kier alpha value is -0.590. The Bertz CT molecular complexity index is 224. The fourth-order valence-corrected chi connectivity index (χ4v) is 2.47. The van der Waals surface area contributed by atoms with Gasteiger partial charge in [-0.3, -0.25) is 0 Å². The Morgan fingerprint density at radius 2 is 2.00 bits per heavy atom. The third-order valence-corrected chi connectivity index (χ3v) is 3.15. The lowest BCUT2D eigenvalue weighted by Gasteiger charge is -2.30. The van der Waals surface area contributed by atoms with Crippen LogP contribution in [-0.2, 0) is 0 Å². The molecule has 1 fully saturated rings. The molecule has 0 spiro atoms. The van der Waals surface area contributed by atoms with Crippen molar-refractivity contribution in [3.05, 3.63) is 0 Å². The third-order valence-electron chi connectivity index (χ3n) is 3.15. The SMILES string of the molecule is CN(CC1CCCCC1)CC(C)(N)C#N. The molecule has 0 bridgehead atoms. The lowest BCUT2D eigenvalue weighted by Crippen LogP contribution is -2.46. The maximum Gasteiger partial charge on any atom is 0.114 e. The Morgan fingerprint density at radius 1 is 1.40 bits per heavy atom. The van der Waals surface area contributed by atoms with Gasteiger partial charge in [-0.1, -0.05) is 19.3 Å². The number of likely N-dealkylation sites (N-methyl/N-ethyl adjacent to an activating group) is 1. The maximum atomic E-state index is 8.85. The number of hydrogen-bond acceptors (Lipinski definition) is 3. The van der Waals surface area contributed by atoms with Crippen molar-refractivity contribution >= 4 is 0 Å². The first kappa shape index (κ1) is 12.5. The molecule has 0 radical (unpaired) electrons. The van der Waals surface area contributed by atoms with Gasteiger partial charge in [-0.15, -0.1) is 0 Å². The van der Waals surface area contributed by atoms with Crippen LogP contribution in [0.4, 0.5) is 0 Å². The van der Waals surface area contributed by atoms with E-state index in [0.29, 0.717) is 6.54 Å². The number of rotatable bonds is 4. The van der Waals surface area contributed by atoms with Crippen molar-refractivity contribution in [1.29, 1.82) is 5.26 Å². The first-order valence-corrected chi connectivity index (χ1v) is 5.92. The molecule has 1 saturated carbocycles. The van der Waals surface area contributed by atoms with Crippen molar-refractivity contribution in [2.24, 2.45) is 11.7 Å². The molecule has 0 aromatic carbocycles. The van der Waals surface area contributed by atoms with Crippen molar-refractivity contribution < 1.29 is 0 Å². The number of hydrogen-bond donors (Lipinski definition) is 1. The van der Waals surface area contributed by atoms with Crippen LogP contribution in [0.3, 0.4) is 0 Å². The molecule has 0 aromatic rings. The second-order valence-corrected chi connectivity index (χ2v) is 5.23. The monoisotopic (exact) mass is 209 g/mol. The van der Waals surface area contributed by atoms with E-state index < -0.39 is 5.54 Å². The quantitative estimate of drug-likeness (QED) is 0.767. The zero-order chi connectivity index (χ0) is 11.3. The van der Waals surface area contributed by atoms with E-state index in [0.717, 1.165) is 12.5 Å². The first-order valence-electron chi connectivity index (χ1n) is 5.92. The van der Waals surface area contributed by atoms with Gasteiger partial charge < -0.3 is 10.6 Å². The predicted molar refractivity (Wildman–Crippen MR) is 62.3 cm³/mol. The van der Waals surface area contributed by atoms with Gasteiger partial charge in [-0.2, -0.15) is 5.26 Å². The van der Waals surface area contributed by atoms with E-state index in [1.54, 1.807) is 6.92 Å². The molecule has 3 heteroatoms. The normalized spacial score (nSPS) is 22.3. The smallest absolute Gasteiger partial charge is 0.114 e. The largest absolute Gasteiger partial charge is 0.313 e. The molecule has 1 unspecified atom stereocenters. The van der Waals surface area contributed by atoms with Crippen LogP contribution >= 0.6 is 0 Å². The van der Waals surface area contributed by atoms with Crippen molar-refractivity contribution in [1.82, 2.24) is 4.90 Å². The molecule has 0 amide bonds. The highest BCUT2D eigenvalue weighted by molar-refractivity contribution is 5.02. The molecule has 1 aliphatic carbocycles. The highest BCUT2D eigenvalue weighted by atomic mass is 15.1. The van der Waals surface area contributed by atoms with E-state index in [2.05, 4.69) is 18.0 Å². The van der Waals surface area contributed by atoms with E-state index in [1.807, 2.05) is 0 Å². The van der Waals surface area contributed by atoms with Gasteiger partial charge in [0.15, 0.2) is 0 Å². The predicted octanol–water partition coefficient (Wildman–Crippen LogP) is 1.74. The van der Waals surface area contributed by atoms with E-state index in [4.69, 9.17) is 11.0 Å². The second-order valence-electron chi connectivity index (χ2n) is 5.23. The van der Waals surface area contributed by atoms with Crippen LogP contribution in [0, 0.1) is 17.2 Å². The maximum absolute atomic E-state index is 8.85. The van der Waals surface area contributed by atoms with Crippen molar-refractivity contribution in [3.8, 4) is 6.07 Å².